The number of unbranched alkanes of at least 4 members (excludes halogenated alkanes) is 8. The van der Waals surface area contributed by atoms with E-state index in [4.69, 9.17) is 0 Å². The maximum atomic E-state index is 12.2. The van der Waals surface area contributed by atoms with E-state index in [1.54, 1.807) is 0 Å². The fraction of sp³-hybridized carbons (Fsp3) is 0.806. The third kappa shape index (κ3) is 3.09. The van der Waals surface area contributed by atoms with Gasteiger partial charge in [0.15, 0.2) is 6.23 Å². The largest absolute Gasteiger partial charge is 0.392 e. The lowest BCUT2D eigenvalue weighted by Crippen LogP contribution is -2.83. The van der Waals surface area contributed by atoms with Crippen LogP contribution in [0.15, 0.2) is 24.3 Å². The summed E-state index contributed by atoms with van der Waals surface area (Å²) in [4.78, 5) is 2.52. The van der Waals surface area contributed by atoms with Gasteiger partial charge in [0.25, 0.3) is 0 Å². The Morgan fingerprint density at radius 1 is 0.943 bits per heavy atom. The maximum Gasteiger partial charge on any atom is 0.194 e. The van der Waals surface area contributed by atoms with Gasteiger partial charge in [0, 0.05) is 37.4 Å². The predicted octanol–water partition coefficient (Wildman–Crippen LogP) is 5.60. The van der Waals surface area contributed by atoms with Gasteiger partial charge in [-0.25, -0.2) is 0 Å². The first-order valence-electron chi connectivity index (χ1n) is 15.1. The number of anilines is 1. The predicted molar refractivity (Wildman–Crippen MR) is 142 cm³/mol. The van der Waals surface area contributed by atoms with E-state index in [-0.39, 0.29) is 17.7 Å². The molecule has 1 aliphatic carbocycles. The molecule has 1 saturated carbocycles. The van der Waals surface area contributed by atoms with Crippen molar-refractivity contribution < 1.29 is 14.7 Å². The SMILES string of the molecule is CCCCCCCCCCC[N@@+]12[C@H](O)[C@@H](CC)[C@H]3C[C@H]1[C@@H]1N(C)c4ccccc4[C@]14C[C@H]2[C@H]3[C@@H]4O. The Kier molecular flexibility index (Phi) is 6.25. The number of rotatable bonds is 11. The third-order valence-electron chi connectivity index (χ3n) is 11.8. The molecule has 10 atom stereocenters. The number of aliphatic hydroxyl groups is 2. The number of benzene rings is 1. The van der Waals surface area contributed by atoms with Gasteiger partial charge in [-0.05, 0) is 36.8 Å². The van der Waals surface area contributed by atoms with Crippen LogP contribution < -0.4 is 4.90 Å². The molecule has 0 radical (unpaired) electrons. The number of fused-ring (bicyclic) bond motifs is 2. The molecule has 0 amide bonds. The van der Waals surface area contributed by atoms with Crippen molar-refractivity contribution in [2.45, 2.75) is 127 Å². The van der Waals surface area contributed by atoms with E-state index < -0.39 is 0 Å². The number of hydrogen-bond acceptors (Lipinski definition) is 3. The van der Waals surface area contributed by atoms with E-state index in [9.17, 15) is 10.2 Å². The summed E-state index contributed by atoms with van der Waals surface area (Å²) in [5.74, 6) is 1.17. The van der Waals surface area contributed by atoms with Crippen LogP contribution in [0.4, 0.5) is 5.69 Å². The van der Waals surface area contributed by atoms with E-state index in [1.165, 1.54) is 75.5 Å². The zero-order valence-corrected chi connectivity index (χ0v) is 22.4. The van der Waals surface area contributed by atoms with Gasteiger partial charge >= 0.3 is 0 Å². The van der Waals surface area contributed by atoms with Crippen LogP contribution >= 0.6 is 0 Å². The van der Waals surface area contributed by atoms with Crippen molar-refractivity contribution in [1.29, 1.82) is 0 Å². The second-order valence-electron chi connectivity index (χ2n) is 12.9. The van der Waals surface area contributed by atoms with Crippen molar-refractivity contribution in [3.8, 4) is 0 Å². The number of aliphatic hydroxyl groups excluding tert-OH is 2. The average Bonchev–Trinajstić information content (AvgIpc) is 3.26. The molecule has 2 N–H and O–H groups in total. The van der Waals surface area contributed by atoms with E-state index in [1.807, 2.05) is 0 Å². The Labute approximate surface area is 213 Å². The zero-order chi connectivity index (χ0) is 24.4. The minimum absolute atomic E-state index is 0.136. The number of hydrogen-bond donors (Lipinski definition) is 2. The van der Waals surface area contributed by atoms with E-state index in [0.717, 1.165) is 23.9 Å². The van der Waals surface area contributed by atoms with Crippen molar-refractivity contribution in [2.24, 2.45) is 17.8 Å². The summed E-state index contributed by atoms with van der Waals surface area (Å²) >= 11 is 0. The van der Waals surface area contributed by atoms with Crippen LogP contribution in [-0.2, 0) is 5.41 Å². The van der Waals surface area contributed by atoms with Crippen LogP contribution in [0.1, 0.15) is 96.5 Å². The van der Waals surface area contributed by atoms with Gasteiger partial charge in [-0.1, -0.05) is 77.0 Å². The van der Waals surface area contributed by atoms with Gasteiger partial charge in [0.1, 0.15) is 6.04 Å². The molecule has 1 aromatic carbocycles. The highest BCUT2D eigenvalue weighted by molar-refractivity contribution is 5.66. The molecule has 5 fully saturated rings. The van der Waals surface area contributed by atoms with E-state index >= 15 is 0 Å². The highest BCUT2D eigenvalue weighted by Gasteiger charge is 2.82. The van der Waals surface area contributed by atoms with E-state index in [2.05, 4.69) is 50.1 Å². The van der Waals surface area contributed by atoms with Gasteiger partial charge in [-0.2, -0.15) is 0 Å². The molecule has 7 rings (SSSR count). The molecule has 5 heterocycles. The first-order valence-corrected chi connectivity index (χ1v) is 15.1. The van der Waals surface area contributed by atoms with Crippen molar-refractivity contribution in [2.75, 3.05) is 18.5 Å². The highest BCUT2D eigenvalue weighted by atomic mass is 16.3. The molecule has 4 saturated heterocycles. The molecule has 5 bridgehead atoms. The Morgan fingerprint density at radius 2 is 1.63 bits per heavy atom. The molecule has 35 heavy (non-hydrogen) atoms. The van der Waals surface area contributed by atoms with Crippen LogP contribution in [0.2, 0.25) is 0 Å². The van der Waals surface area contributed by atoms with Crippen LogP contribution in [0.3, 0.4) is 0 Å². The summed E-state index contributed by atoms with van der Waals surface area (Å²) in [5, 5.41) is 24.2. The first kappa shape index (κ1) is 24.2. The molecular weight excluding hydrogens is 432 g/mol. The molecule has 0 unspecified atom stereocenters. The molecule has 4 nitrogen and oxygen atoms in total. The minimum atomic E-state index is -0.275. The summed E-state index contributed by atoms with van der Waals surface area (Å²) in [6.45, 7) is 5.66. The summed E-state index contributed by atoms with van der Waals surface area (Å²) in [6, 6.07) is 10.1. The van der Waals surface area contributed by atoms with Crippen LogP contribution in [0.25, 0.3) is 0 Å². The van der Waals surface area contributed by atoms with Gasteiger partial charge in [-0.15, -0.1) is 0 Å². The molecule has 1 spiro atoms. The minimum Gasteiger partial charge on any atom is -0.392 e. The van der Waals surface area contributed by atoms with E-state index in [0.29, 0.717) is 35.9 Å². The van der Waals surface area contributed by atoms with Crippen molar-refractivity contribution >= 4 is 5.69 Å². The summed E-state index contributed by atoms with van der Waals surface area (Å²) in [6.07, 6.45) is 14.9. The Bertz CT molecular complexity index is 921. The average molecular weight is 482 g/mol. The lowest BCUT2D eigenvalue weighted by Gasteiger charge is -2.68. The number of nitrogens with zero attached hydrogens (tertiary/aromatic N) is 2. The second-order valence-corrected chi connectivity index (χ2v) is 12.9. The monoisotopic (exact) mass is 481 g/mol. The fourth-order valence-corrected chi connectivity index (χ4v) is 10.5. The Morgan fingerprint density at radius 3 is 2.34 bits per heavy atom. The molecule has 6 aliphatic rings. The number of likely N-dealkylation sites (N-methyl/N-ethyl adjacent to an activating group) is 1. The lowest BCUT2D eigenvalue weighted by atomic mass is 9.60. The second kappa shape index (κ2) is 9.03. The Hall–Kier alpha value is -1.10. The highest BCUT2D eigenvalue weighted by Crippen LogP contribution is 2.71. The maximum absolute atomic E-state index is 12.2. The molecule has 5 aliphatic heterocycles. The smallest absolute Gasteiger partial charge is 0.194 e. The molecular formula is C31H49N2O2+. The van der Waals surface area contributed by atoms with Crippen LogP contribution in [-0.4, -0.2) is 58.7 Å². The van der Waals surface area contributed by atoms with Crippen molar-refractivity contribution in [3.63, 3.8) is 0 Å². The van der Waals surface area contributed by atoms with Gasteiger partial charge in [0.2, 0.25) is 0 Å². The molecule has 194 valence electrons. The van der Waals surface area contributed by atoms with Crippen molar-refractivity contribution in [3.05, 3.63) is 29.8 Å². The molecule has 1 aromatic rings. The number of para-hydroxylation sites is 1. The third-order valence-corrected chi connectivity index (χ3v) is 11.8. The molecule has 0 aromatic heterocycles. The normalized spacial score (nSPS) is 44.2. The van der Waals surface area contributed by atoms with Gasteiger partial charge < -0.3 is 15.1 Å². The topological polar surface area (TPSA) is 43.7 Å². The Balaban J connectivity index is 1.26. The van der Waals surface area contributed by atoms with Crippen LogP contribution in [0, 0.1) is 17.8 Å². The fourth-order valence-electron chi connectivity index (χ4n) is 10.5. The summed E-state index contributed by atoms with van der Waals surface area (Å²) < 4.78 is 0.901. The quantitative estimate of drug-likeness (QED) is 0.319. The molecule has 4 heteroatoms. The summed E-state index contributed by atoms with van der Waals surface area (Å²) in [5.41, 5.74) is 2.58. The van der Waals surface area contributed by atoms with Crippen molar-refractivity contribution in [1.82, 2.24) is 0 Å². The van der Waals surface area contributed by atoms with Gasteiger partial charge in [0.05, 0.1) is 30.1 Å². The lowest BCUT2D eigenvalue weighted by molar-refractivity contribution is -1.04. The first-order chi connectivity index (χ1) is 17.0. The zero-order valence-electron chi connectivity index (χ0n) is 22.4. The number of piperidine rings is 4. The van der Waals surface area contributed by atoms with Gasteiger partial charge in [-0.3, -0.25) is 4.48 Å². The number of quaternary nitrogens is 1. The standard InChI is InChI=1S/C31H49N2O2/c1-4-6-7-8-9-10-11-12-15-18-33-25-19-22(21(5-2)30(33)35)27-26(33)20-31(29(27)34)23-16-13-14-17-24(23)32(3)28(25)31/h13-14,16-17,21-22,25-30,34-35H,4-12,15,18-20H2,1-3H3/q+1/t21-,22+,25-,26-,27-,28-,29-,30+,31+,33+/m0/s1. The summed E-state index contributed by atoms with van der Waals surface area (Å²) in [7, 11) is 2.27. The van der Waals surface area contributed by atoms with Crippen LogP contribution in [0.5, 0.6) is 0 Å².